The Bertz CT molecular complexity index is 1050. The van der Waals surface area contributed by atoms with Crippen molar-refractivity contribution in [2.45, 2.75) is 38.1 Å². The lowest BCUT2D eigenvalue weighted by molar-refractivity contribution is -0.113. The number of nitrogens with one attached hydrogen (secondary N) is 1. The average molecular weight is 457 g/mol. The van der Waals surface area contributed by atoms with Crippen LogP contribution in [0.3, 0.4) is 0 Å². The zero-order valence-corrected chi connectivity index (χ0v) is 19.7. The van der Waals surface area contributed by atoms with E-state index >= 15 is 0 Å². The second-order valence-corrected chi connectivity index (χ2v) is 8.22. The average Bonchev–Trinajstić information content (AvgIpc) is 3.23. The fourth-order valence-corrected chi connectivity index (χ4v) is 4.02. The van der Waals surface area contributed by atoms with Crippen molar-refractivity contribution in [3.63, 3.8) is 0 Å². The van der Waals surface area contributed by atoms with Crippen molar-refractivity contribution in [3.8, 4) is 17.2 Å². The summed E-state index contributed by atoms with van der Waals surface area (Å²) in [6, 6.07) is 14.8. The van der Waals surface area contributed by atoms with Crippen molar-refractivity contribution in [2.24, 2.45) is 0 Å². The molecule has 1 aromatic heterocycles. The van der Waals surface area contributed by atoms with Crippen LogP contribution in [0.2, 0.25) is 0 Å². The van der Waals surface area contributed by atoms with E-state index in [0.717, 1.165) is 5.75 Å². The maximum Gasteiger partial charge on any atom is 0.234 e. The number of carbonyl (C=O) groups excluding carboxylic acids is 1. The molecule has 1 atom stereocenters. The Morgan fingerprint density at radius 2 is 1.78 bits per heavy atom. The van der Waals surface area contributed by atoms with Gasteiger partial charge >= 0.3 is 0 Å². The van der Waals surface area contributed by atoms with E-state index in [0.29, 0.717) is 28.2 Å². The number of hydrogen-bond acceptors (Lipinski definition) is 7. The molecule has 0 fully saturated rings. The van der Waals surface area contributed by atoms with Gasteiger partial charge in [0.1, 0.15) is 17.2 Å². The molecule has 9 heteroatoms. The monoisotopic (exact) mass is 456 g/mol. The van der Waals surface area contributed by atoms with Crippen molar-refractivity contribution in [1.82, 2.24) is 14.8 Å². The van der Waals surface area contributed by atoms with E-state index in [-0.39, 0.29) is 23.8 Å². The van der Waals surface area contributed by atoms with Gasteiger partial charge in [0, 0.05) is 12.1 Å². The van der Waals surface area contributed by atoms with Crippen molar-refractivity contribution in [2.75, 3.05) is 25.3 Å². The number of hydrogen-bond donors (Lipinski definition) is 1. The number of benzene rings is 2. The van der Waals surface area contributed by atoms with Gasteiger partial charge in [0.2, 0.25) is 5.91 Å². The first-order valence-electron chi connectivity index (χ1n) is 10.2. The number of carbonyl (C=O) groups is 1. The molecule has 0 aliphatic rings. The SMILES string of the molecule is COc1cccc(OC(C)c2nnc(SCC(=O)Nc3ccccc3OC)n2C(C)C)c1. The standard InChI is InChI=1S/C23H28N4O4S/c1-15(2)27-22(16(3)31-18-10-8-9-17(13-18)29-4)25-26-23(27)32-14-21(28)24-19-11-6-7-12-20(19)30-5/h6-13,15-16H,14H2,1-5H3,(H,24,28). The highest BCUT2D eigenvalue weighted by Gasteiger charge is 2.22. The van der Waals surface area contributed by atoms with Crippen LogP contribution in [0.15, 0.2) is 53.7 Å². The summed E-state index contributed by atoms with van der Waals surface area (Å²) in [6.45, 7) is 6.01. The molecule has 3 aromatic rings. The van der Waals surface area contributed by atoms with Gasteiger partial charge in [0.05, 0.1) is 25.7 Å². The normalized spacial score (nSPS) is 11.8. The number of para-hydroxylation sites is 2. The molecule has 1 heterocycles. The summed E-state index contributed by atoms with van der Waals surface area (Å²) in [5.74, 6) is 2.74. The summed E-state index contributed by atoms with van der Waals surface area (Å²) < 4.78 is 18.6. The molecule has 1 N–H and O–H groups in total. The number of thioether (sulfide) groups is 1. The summed E-state index contributed by atoms with van der Waals surface area (Å²) in [7, 11) is 3.19. The third-order valence-corrected chi connectivity index (χ3v) is 5.58. The van der Waals surface area contributed by atoms with Gasteiger partial charge in [-0.05, 0) is 45.0 Å². The van der Waals surface area contributed by atoms with Crippen molar-refractivity contribution in [3.05, 3.63) is 54.4 Å². The summed E-state index contributed by atoms with van der Waals surface area (Å²) in [5, 5.41) is 12.2. The first-order valence-corrected chi connectivity index (χ1v) is 11.2. The lowest BCUT2D eigenvalue weighted by Crippen LogP contribution is -2.17. The maximum atomic E-state index is 12.5. The molecule has 1 unspecified atom stereocenters. The molecule has 0 aliphatic heterocycles. The topological polar surface area (TPSA) is 87.5 Å². The fraction of sp³-hybridized carbons (Fsp3) is 0.348. The first-order chi connectivity index (χ1) is 15.4. The number of nitrogens with zero attached hydrogens (tertiary/aromatic N) is 3. The fourth-order valence-electron chi connectivity index (χ4n) is 3.14. The quantitative estimate of drug-likeness (QED) is 0.441. The Hall–Kier alpha value is -3.20. The highest BCUT2D eigenvalue weighted by Crippen LogP contribution is 2.29. The number of methoxy groups -OCH3 is 2. The Balaban J connectivity index is 1.69. The minimum absolute atomic E-state index is 0.0936. The Kier molecular flexibility index (Phi) is 7.99. The summed E-state index contributed by atoms with van der Waals surface area (Å²) in [5.41, 5.74) is 0.631. The molecule has 2 aromatic carbocycles. The molecular formula is C23H28N4O4S. The van der Waals surface area contributed by atoms with Crippen LogP contribution in [0, 0.1) is 0 Å². The van der Waals surface area contributed by atoms with E-state index in [1.807, 2.05) is 61.7 Å². The summed E-state index contributed by atoms with van der Waals surface area (Å²) >= 11 is 1.33. The van der Waals surface area contributed by atoms with Crippen molar-refractivity contribution >= 4 is 23.4 Å². The largest absolute Gasteiger partial charge is 0.497 e. The second kappa shape index (κ2) is 10.9. The van der Waals surface area contributed by atoms with E-state index in [4.69, 9.17) is 14.2 Å². The minimum atomic E-state index is -0.339. The molecule has 0 saturated carbocycles. The number of aromatic nitrogens is 3. The van der Waals surface area contributed by atoms with Gasteiger partial charge in [0.25, 0.3) is 0 Å². The van der Waals surface area contributed by atoms with E-state index < -0.39 is 0 Å². The number of anilines is 1. The van der Waals surface area contributed by atoms with Gasteiger partial charge in [-0.3, -0.25) is 4.79 Å². The van der Waals surface area contributed by atoms with Crippen LogP contribution in [0.1, 0.15) is 38.7 Å². The molecule has 0 spiro atoms. The molecule has 170 valence electrons. The van der Waals surface area contributed by atoms with Crippen LogP contribution >= 0.6 is 11.8 Å². The van der Waals surface area contributed by atoms with Gasteiger partial charge in [-0.1, -0.05) is 30.0 Å². The molecule has 3 rings (SSSR count). The predicted octanol–water partition coefficient (Wildman–Crippen LogP) is 4.75. The zero-order valence-electron chi connectivity index (χ0n) is 18.9. The summed E-state index contributed by atoms with van der Waals surface area (Å²) in [4.78, 5) is 12.5. The third-order valence-electron chi connectivity index (χ3n) is 4.64. The van der Waals surface area contributed by atoms with Crippen molar-refractivity contribution in [1.29, 1.82) is 0 Å². The number of amides is 1. The Labute approximate surface area is 192 Å². The molecule has 0 bridgehead atoms. The molecule has 1 amide bonds. The van der Waals surface area contributed by atoms with Crippen LogP contribution < -0.4 is 19.5 Å². The highest BCUT2D eigenvalue weighted by atomic mass is 32.2. The highest BCUT2D eigenvalue weighted by molar-refractivity contribution is 7.99. The molecule has 0 aliphatic carbocycles. The van der Waals surface area contributed by atoms with E-state index in [9.17, 15) is 4.79 Å². The van der Waals surface area contributed by atoms with E-state index in [1.165, 1.54) is 11.8 Å². The molecule has 0 radical (unpaired) electrons. The second-order valence-electron chi connectivity index (χ2n) is 7.28. The van der Waals surface area contributed by atoms with Gasteiger partial charge in [-0.15, -0.1) is 10.2 Å². The molecule has 0 saturated heterocycles. The smallest absolute Gasteiger partial charge is 0.234 e. The van der Waals surface area contributed by atoms with Crippen LogP contribution in [0.25, 0.3) is 0 Å². The zero-order chi connectivity index (χ0) is 23.1. The number of rotatable bonds is 10. The van der Waals surface area contributed by atoms with E-state index in [1.54, 1.807) is 26.4 Å². The van der Waals surface area contributed by atoms with Crippen molar-refractivity contribution < 1.29 is 19.0 Å². The maximum absolute atomic E-state index is 12.5. The third kappa shape index (κ3) is 5.73. The van der Waals surface area contributed by atoms with Gasteiger partial charge in [-0.25, -0.2) is 0 Å². The number of ether oxygens (including phenoxy) is 3. The lowest BCUT2D eigenvalue weighted by Gasteiger charge is -2.19. The van der Waals surface area contributed by atoms with Crippen LogP contribution in [-0.2, 0) is 4.79 Å². The van der Waals surface area contributed by atoms with Crippen LogP contribution in [0.4, 0.5) is 5.69 Å². The predicted molar refractivity (Wildman–Crippen MR) is 125 cm³/mol. The Morgan fingerprint density at radius 3 is 2.50 bits per heavy atom. The molecular weight excluding hydrogens is 428 g/mol. The first kappa shape index (κ1) is 23.5. The van der Waals surface area contributed by atoms with Gasteiger partial charge in [-0.2, -0.15) is 0 Å². The van der Waals surface area contributed by atoms with Crippen LogP contribution in [0.5, 0.6) is 17.2 Å². The summed E-state index contributed by atoms with van der Waals surface area (Å²) in [6.07, 6.45) is -0.339. The van der Waals surface area contributed by atoms with Gasteiger partial charge < -0.3 is 24.1 Å². The van der Waals surface area contributed by atoms with Gasteiger partial charge in [0.15, 0.2) is 17.1 Å². The van der Waals surface area contributed by atoms with Crippen LogP contribution in [-0.4, -0.2) is 40.6 Å². The Morgan fingerprint density at radius 1 is 1.03 bits per heavy atom. The molecule has 32 heavy (non-hydrogen) atoms. The van der Waals surface area contributed by atoms with E-state index in [2.05, 4.69) is 15.5 Å². The minimum Gasteiger partial charge on any atom is -0.497 e. The lowest BCUT2D eigenvalue weighted by atomic mass is 10.3. The molecule has 8 nitrogen and oxygen atoms in total.